The largest absolute Gasteiger partial charge is 0.323 e. The van der Waals surface area contributed by atoms with Crippen LogP contribution in [0.5, 0.6) is 0 Å². The zero-order chi connectivity index (χ0) is 22.5. The van der Waals surface area contributed by atoms with Gasteiger partial charge in [-0.2, -0.15) is 0 Å². The molecule has 6 nitrogen and oxygen atoms in total. The van der Waals surface area contributed by atoms with E-state index < -0.39 is 11.1 Å². The van der Waals surface area contributed by atoms with Crippen molar-refractivity contribution in [2.45, 2.75) is 43.1 Å². The van der Waals surface area contributed by atoms with E-state index in [4.69, 9.17) is 11.6 Å². The Morgan fingerprint density at radius 2 is 1.91 bits per heavy atom. The molecular formula is C23H25ClFN5OS. The fraction of sp³-hybridized carbons (Fsp3) is 0.348. The molecule has 1 saturated heterocycles. The number of hydrogen-bond donors (Lipinski definition) is 1. The molecule has 1 aliphatic heterocycles. The summed E-state index contributed by atoms with van der Waals surface area (Å²) in [5, 5.41) is 11.9. The summed E-state index contributed by atoms with van der Waals surface area (Å²) in [5.41, 5.74) is 1.05. The number of amides is 1. The second-order valence-corrected chi connectivity index (χ2v) is 9.52. The van der Waals surface area contributed by atoms with E-state index >= 15 is 0 Å². The second-order valence-electron chi connectivity index (χ2n) is 7.78. The van der Waals surface area contributed by atoms with Gasteiger partial charge >= 0.3 is 0 Å². The summed E-state index contributed by atoms with van der Waals surface area (Å²) in [5.74, 6) is -0.0484. The van der Waals surface area contributed by atoms with Crippen LogP contribution in [-0.2, 0) is 11.3 Å². The highest BCUT2D eigenvalue weighted by atomic mass is 35.5. The van der Waals surface area contributed by atoms with Gasteiger partial charge in [0, 0.05) is 10.7 Å². The van der Waals surface area contributed by atoms with Crippen LogP contribution < -0.4 is 5.32 Å². The van der Waals surface area contributed by atoms with Crippen LogP contribution >= 0.6 is 23.4 Å². The minimum atomic E-state index is -0.570. The van der Waals surface area contributed by atoms with Crippen LogP contribution in [0.1, 0.15) is 32.0 Å². The number of carbonyl (C=O) groups is 1. The number of nitrogens with one attached hydrogen (secondary N) is 1. The zero-order valence-corrected chi connectivity index (χ0v) is 19.4. The van der Waals surface area contributed by atoms with Crippen molar-refractivity contribution in [1.29, 1.82) is 0 Å². The van der Waals surface area contributed by atoms with Crippen molar-refractivity contribution in [3.8, 4) is 5.69 Å². The van der Waals surface area contributed by atoms with Gasteiger partial charge in [-0.3, -0.25) is 14.3 Å². The van der Waals surface area contributed by atoms with Crippen molar-refractivity contribution < 1.29 is 9.18 Å². The molecule has 0 spiro atoms. The Morgan fingerprint density at radius 1 is 1.16 bits per heavy atom. The first-order valence-electron chi connectivity index (χ1n) is 10.7. The summed E-state index contributed by atoms with van der Waals surface area (Å²) < 4.78 is 16.1. The third-order valence-corrected chi connectivity index (χ3v) is 6.65. The number of carbonyl (C=O) groups excluding carboxylic acids is 1. The monoisotopic (exact) mass is 473 g/mol. The SMILES string of the molecule is CC(Sc1nnc(CN2CCCCC2)n1-c1ccccc1)C(=O)Nc1ccc(Cl)cc1F. The summed E-state index contributed by atoms with van der Waals surface area (Å²) in [6.45, 7) is 4.58. The molecule has 168 valence electrons. The highest BCUT2D eigenvalue weighted by molar-refractivity contribution is 8.00. The Hall–Kier alpha value is -2.42. The van der Waals surface area contributed by atoms with Crippen LogP contribution in [0.3, 0.4) is 0 Å². The normalized spacial score (nSPS) is 15.5. The molecule has 0 saturated carbocycles. The number of likely N-dealkylation sites (tertiary alicyclic amines) is 1. The Labute approximate surface area is 196 Å². The van der Waals surface area contributed by atoms with E-state index in [-0.39, 0.29) is 16.6 Å². The van der Waals surface area contributed by atoms with E-state index in [0.29, 0.717) is 11.7 Å². The number of para-hydroxylation sites is 1. The molecule has 0 aliphatic carbocycles. The zero-order valence-electron chi connectivity index (χ0n) is 17.8. The number of rotatable bonds is 7. The summed E-state index contributed by atoms with van der Waals surface area (Å²) in [7, 11) is 0. The maximum Gasteiger partial charge on any atom is 0.237 e. The summed E-state index contributed by atoms with van der Waals surface area (Å²) in [6, 6.07) is 14.1. The smallest absolute Gasteiger partial charge is 0.237 e. The predicted octanol–water partition coefficient (Wildman–Crippen LogP) is 5.17. The maximum absolute atomic E-state index is 14.1. The number of nitrogens with zero attached hydrogens (tertiary/aromatic N) is 4. The minimum Gasteiger partial charge on any atom is -0.323 e. The van der Waals surface area contributed by atoms with Gasteiger partial charge in [-0.15, -0.1) is 10.2 Å². The third-order valence-electron chi connectivity index (χ3n) is 5.37. The van der Waals surface area contributed by atoms with E-state index in [1.165, 1.54) is 49.2 Å². The van der Waals surface area contributed by atoms with Crippen molar-refractivity contribution >= 4 is 35.0 Å². The van der Waals surface area contributed by atoms with Gasteiger partial charge < -0.3 is 5.32 Å². The molecule has 1 aromatic heterocycles. The van der Waals surface area contributed by atoms with Gasteiger partial charge in [-0.1, -0.05) is 48.0 Å². The molecule has 9 heteroatoms. The fourth-order valence-electron chi connectivity index (χ4n) is 3.67. The minimum absolute atomic E-state index is 0.0992. The lowest BCUT2D eigenvalue weighted by Gasteiger charge is -2.26. The van der Waals surface area contributed by atoms with Crippen LogP contribution in [0.25, 0.3) is 5.69 Å². The first-order valence-corrected chi connectivity index (χ1v) is 11.9. The Morgan fingerprint density at radius 3 is 2.62 bits per heavy atom. The number of hydrogen-bond acceptors (Lipinski definition) is 5. The van der Waals surface area contributed by atoms with Crippen molar-refractivity contribution in [2.24, 2.45) is 0 Å². The van der Waals surface area contributed by atoms with Gasteiger partial charge in [-0.25, -0.2) is 4.39 Å². The molecule has 0 bridgehead atoms. The van der Waals surface area contributed by atoms with Gasteiger partial charge in [0.15, 0.2) is 11.0 Å². The Bertz CT molecular complexity index is 1070. The molecule has 0 radical (unpaired) electrons. The highest BCUT2D eigenvalue weighted by Crippen LogP contribution is 2.28. The lowest BCUT2D eigenvalue weighted by Crippen LogP contribution is -2.30. The Balaban J connectivity index is 1.53. The summed E-state index contributed by atoms with van der Waals surface area (Å²) in [4.78, 5) is 15.1. The number of piperidine rings is 1. The van der Waals surface area contributed by atoms with E-state index in [1.807, 2.05) is 34.9 Å². The molecule has 4 rings (SSSR count). The molecule has 32 heavy (non-hydrogen) atoms. The van der Waals surface area contributed by atoms with Gasteiger partial charge in [0.2, 0.25) is 5.91 Å². The molecule has 1 unspecified atom stereocenters. The van der Waals surface area contributed by atoms with Crippen LogP contribution in [0.2, 0.25) is 5.02 Å². The number of anilines is 1. The molecule has 1 N–H and O–H groups in total. The number of benzene rings is 2. The van der Waals surface area contributed by atoms with E-state index in [1.54, 1.807) is 6.92 Å². The molecule has 2 heterocycles. The summed E-state index contributed by atoms with van der Waals surface area (Å²) in [6.07, 6.45) is 3.66. The van der Waals surface area contributed by atoms with E-state index in [0.717, 1.165) is 24.6 Å². The summed E-state index contributed by atoms with van der Waals surface area (Å²) >= 11 is 7.09. The van der Waals surface area contributed by atoms with E-state index in [2.05, 4.69) is 20.4 Å². The van der Waals surface area contributed by atoms with Gasteiger partial charge in [-0.05, 0) is 63.2 Å². The molecule has 1 fully saturated rings. The maximum atomic E-state index is 14.1. The van der Waals surface area contributed by atoms with Crippen molar-refractivity contribution in [3.63, 3.8) is 0 Å². The molecule has 1 atom stereocenters. The van der Waals surface area contributed by atoms with Crippen LogP contribution in [-0.4, -0.2) is 43.9 Å². The van der Waals surface area contributed by atoms with E-state index in [9.17, 15) is 9.18 Å². The van der Waals surface area contributed by atoms with Crippen LogP contribution in [0, 0.1) is 5.82 Å². The van der Waals surface area contributed by atoms with Crippen molar-refractivity contribution in [3.05, 3.63) is 65.2 Å². The van der Waals surface area contributed by atoms with Gasteiger partial charge in [0.05, 0.1) is 17.5 Å². The lowest BCUT2D eigenvalue weighted by atomic mass is 10.1. The topological polar surface area (TPSA) is 63.1 Å². The molecule has 1 aliphatic rings. The third kappa shape index (κ3) is 5.49. The Kier molecular flexibility index (Phi) is 7.44. The number of thioether (sulfide) groups is 1. The second kappa shape index (κ2) is 10.5. The molecule has 2 aromatic carbocycles. The molecule has 1 amide bonds. The molecular weight excluding hydrogens is 449 g/mol. The van der Waals surface area contributed by atoms with Crippen molar-refractivity contribution in [2.75, 3.05) is 18.4 Å². The quantitative estimate of drug-likeness (QED) is 0.480. The predicted molar refractivity (Wildman–Crippen MR) is 126 cm³/mol. The average Bonchev–Trinajstić information content (AvgIpc) is 3.18. The van der Waals surface area contributed by atoms with Crippen molar-refractivity contribution in [1.82, 2.24) is 19.7 Å². The van der Waals surface area contributed by atoms with Gasteiger partial charge in [0.1, 0.15) is 5.82 Å². The van der Waals surface area contributed by atoms with Crippen LogP contribution in [0.15, 0.2) is 53.7 Å². The lowest BCUT2D eigenvalue weighted by molar-refractivity contribution is -0.115. The first kappa shape index (κ1) is 22.8. The highest BCUT2D eigenvalue weighted by Gasteiger charge is 2.23. The van der Waals surface area contributed by atoms with Crippen LogP contribution in [0.4, 0.5) is 10.1 Å². The standard InChI is InChI=1S/C23H25ClFN5OS/c1-16(22(31)26-20-11-10-17(24)14-19(20)25)32-23-28-27-21(15-29-12-6-3-7-13-29)30(23)18-8-4-2-5-9-18/h2,4-5,8-11,14,16H,3,6-7,12-13,15H2,1H3,(H,26,31). The molecule has 3 aromatic rings. The van der Waals surface area contributed by atoms with Gasteiger partial charge in [0.25, 0.3) is 0 Å². The fourth-order valence-corrected chi connectivity index (χ4v) is 4.71. The average molecular weight is 474 g/mol. The first-order chi connectivity index (χ1) is 15.5. The number of halogens is 2. The number of aromatic nitrogens is 3.